The summed E-state index contributed by atoms with van der Waals surface area (Å²) in [5, 5.41) is 20.4. The number of aliphatic hydroxyl groups is 2. The SMILES string of the molecule is CC(C)CCCC(C)[C@H]1CC[C@@]2(C)[C@@]34CC[C@@H]([C@H](C)O)[C@](C)(CCCO)[C@]3(CC[C@]12C)O4. The van der Waals surface area contributed by atoms with Gasteiger partial charge in [-0.15, -0.1) is 0 Å². The van der Waals surface area contributed by atoms with Crippen LogP contribution in [0.15, 0.2) is 0 Å². The highest BCUT2D eigenvalue weighted by Gasteiger charge is 2.89. The van der Waals surface area contributed by atoms with Crippen molar-refractivity contribution in [3.8, 4) is 0 Å². The molecule has 3 aliphatic carbocycles. The van der Waals surface area contributed by atoms with Crippen LogP contribution in [0, 0.1) is 39.9 Å². The molecule has 0 radical (unpaired) electrons. The van der Waals surface area contributed by atoms with Crippen LogP contribution in [-0.4, -0.2) is 34.1 Å². The normalized spacial score (nSPS) is 49.3. The quantitative estimate of drug-likeness (QED) is 0.384. The zero-order chi connectivity index (χ0) is 23.6. The van der Waals surface area contributed by atoms with Crippen molar-refractivity contribution in [2.45, 2.75) is 136 Å². The van der Waals surface area contributed by atoms with Crippen LogP contribution in [0.2, 0.25) is 0 Å². The summed E-state index contributed by atoms with van der Waals surface area (Å²) >= 11 is 0. The summed E-state index contributed by atoms with van der Waals surface area (Å²) in [5.74, 6) is 2.67. The molecule has 4 fully saturated rings. The maximum Gasteiger partial charge on any atom is 0.104 e. The third-order valence-electron chi connectivity index (χ3n) is 12.0. The molecule has 3 saturated carbocycles. The van der Waals surface area contributed by atoms with E-state index in [1.807, 2.05) is 6.92 Å². The maximum absolute atomic E-state index is 10.8. The van der Waals surface area contributed by atoms with Crippen LogP contribution in [0.3, 0.4) is 0 Å². The van der Waals surface area contributed by atoms with E-state index in [1.54, 1.807) is 0 Å². The molecule has 0 spiro atoms. The molecule has 0 aromatic rings. The summed E-state index contributed by atoms with van der Waals surface area (Å²) in [7, 11) is 0. The first-order valence-corrected chi connectivity index (χ1v) is 13.9. The molecule has 2 N–H and O–H groups in total. The van der Waals surface area contributed by atoms with Crippen LogP contribution in [0.25, 0.3) is 0 Å². The molecule has 0 bridgehead atoms. The van der Waals surface area contributed by atoms with E-state index in [9.17, 15) is 10.2 Å². The number of fused-ring (bicyclic) bond motifs is 1. The lowest BCUT2D eigenvalue weighted by Gasteiger charge is -2.60. The zero-order valence-corrected chi connectivity index (χ0v) is 22.2. The van der Waals surface area contributed by atoms with Gasteiger partial charge in [0.15, 0.2) is 0 Å². The highest BCUT2D eigenvalue weighted by atomic mass is 16.6. The van der Waals surface area contributed by atoms with Gasteiger partial charge in [-0.2, -0.15) is 0 Å². The Hall–Kier alpha value is -0.120. The molecule has 0 amide bonds. The predicted octanol–water partition coefficient (Wildman–Crippen LogP) is 6.74. The van der Waals surface area contributed by atoms with E-state index >= 15 is 0 Å². The molecule has 0 aromatic heterocycles. The van der Waals surface area contributed by atoms with Crippen molar-refractivity contribution in [1.29, 1.82) is 0 Å². The third-order valence-corrected chi connectivity index (χ3v) is 12.0. The predicted molar refractivity (Wildman–Crippen MR) is 131 cm³/mol. The Morgan fingerprint density at radius 2 is 1.53 bits per heavy atom. The van der Waals surface area contributed by atoms with Crippen molar-refractivity contribution in [2.24, 2.45) is 39.9 Å². The van der Waals surface area contributed by atoms with Crippen molar-refractivity contribution in [3.63, 3.8) is 0 Å². The smallest absolute Gasteiger partial charge is 0.104 e. The first kappa shape index (κ1) is 25.0. The largest absolute Gasteiger partial charge is 0.396 e. The zero-order valence-electron chi connectivity index (χ0n) is 22.2. The van der Waals surface area contributed by atoms with Crippen molar-refractivity contribution in [3.05, 3.63) is 0 Å². The molecule has 1 unspecified atom stereocenters. The maximum atomic E-state index is 10.8. The lowest BCUT2D eigenvalue weighted by Crippen LogP contribution is -2.63. The van der Waals surface area contributed by atoms with Crippen molar-refractivity contribution in [2.75, 3.05) is 6.61 Å². The van der Waals surface area contributed by atoms with Gasteiger partial charge in [0.05, 0.1) is 6.10 Å². The number of epoxide rings is 1. The Bertz CT molecular complexity index is 690. The molecular formula is C29H52O3. The first-order valence-electron chi connectivity index (χ1n) is 13.9. The van der Waals surface area contributed by atoms with Crippen LogP contribution in [-0.2, 0) is 4.74 Å². The summed E-state index contributed by atoms with van der Waals surface area (Å²) < 4.78 is 7.14. The Labute approximate surface area is 198 Å². The molecule has 1 saturated heterocycles. The number of ether oxygens (including phenoxy) is 1. The molecule has 3 nitrogen and oxygen atoms in total. The van der Waals surface area contributed by atoms with E-state index in [-0.39, 0.29) is 40.7 Å². The highest BCUT2D eigenvalue weighted by molar-refractivity contribution is 5.37. The van der Waals surface area contributed by atoms with E-state index in [4.69, 9.17) is 4.74 Å². The Morgan fingerprint density at radius 1 is 0.844 bits per heavy atom. The lowest BCUT2D eigenvalue weighted by molar-refractivity contribution is -0.106. The average Bonchev–Trinajstić information content (AvgIpc) is 3.35. The van der Waals surface area contributed by atoms with Crippen molar-refractivity contribution < 1.29 is 14.9 Å². The summed E-state index contributed by atoms with van der Waals surface area (Å²) in [5.41, 5.74) is 0.403. The van der Waals surface area contributed by atoms with Gasteiger partial charge in [-0.3, -0.25) is 0 Å². The van der Waals surface area contributed by atoms with Crippen LogP contribution in [0.5, 0.6) is 0 Å². The molecule has 1 heterocycles. The van der Waals surface area contributed by atoms with E-state index in [0.717, 1.165) is 49.9 Å². The Balaban J connectivity index is 1.62. The number of hydrogen-bond acceptors (Lipinski definition) is 3. The van der Waals surface area contributed by atoms with Gasteiger partial charge in [-0.25, -0.2) is 0 Å². The van der Waals surface area contributed by atoms with Gasteiger partial charge in [-0.1, -0.05) is 60.8 Å². The monoisotopic (exact) mass is 448 g/mol. The minimum atomic E-state index is -0.311. The van der Waals surface area contributed by atoms with Crippen LogP contribution < -0.4 is 0 Å². The molecule has 4 aliphatic rings. The average molecular weight is 449 g/mol. The molecule has 3 heteroatoms. The molecule has 32 heavy (non-hydrogen) atoms. The van der Waals surface area contributed by atoms with Gasteiger partial charge in [0.1, 0.15) is 11.2 Å². The van der Waals surface area contributed by atoms with Crippen molar-refractivity contribution in [1.82, 2.24) is 0 Å². The second-order valence-electron chi connectivity index (χ2n) is 13.6. The van der Waals surface area contributed by atoms with Gasteiger partial charge in [0.2, 0.25) is 0 Å². The standard InChI is InChI=1S/C29H52O3/c1-20(2)10-8-11-21(3)23-12-15-27(7)25(23,5)17-18-28-26(6,14-9-19-30)24(22(4)31)13-16-29(27,28)32-28/h20-24,30-31H,8-19H2,1-7H3/t21?,22-,23+,24-,25+,26-,27+,28-,29-/m0/s1. The summed E-state index contributed by atoms with van der Waals surface area (Å²) in [6.45, 7) is 17.0. The summed E-state index contributed by atoms with van der Waals surface area (Å²) in [6, 6.07) is 0. The van der Waals surface area contributed by atoms with Crippen molar-refractivity contribution >= 4 is 0 Å². The summed E-state index contributed by atoms with van der Waals surface area (Å²) in [4.78, 5) is 0. The third kappa shape index (κ3) is 3.08. The first-order chi connectivity index (χ1) is 14.9. The topological polar surface area (TPSA) is 53.0 Å². The van der Waals surface area contributed by atoms with Gasteiger partial charge in [0, 0.05) is 17.4 Å². The minimum absolute atomic E-state index is 0.0189. The van der Waals surface area contributed by atoms with E-state index in [2.05, 4.69) is 41.5 Å². The Kier molecular flexibility index (Phi) is 6.43. The minimum Gasteiger partial charge on any atom is -0.396 e. The summed E-state index contributed by atoms with van der Waals surface area (Å²) in [6.07, 6.45) is 12.7. The van der Waals surface area contributed by atoms with Gasteiger partial charge < -0.3 is 14.9 Å². The second-order valence-corrected chi connectivity index (χ2v) is 13.6. The van der Waals surface area contributed by atoms with Crippen LogP contribution in [0.4, 0.5) is 0 Å². The van der Waals surface area contributed by atoms with E-state index < -0.39 is 0 Å². The molecule has 9 atom stereocenters. The second kappa shape index (κ2) is 8.23. The fraction of sp³-hybridized carbons (Fsp3) is 1.00. The number of aliphatic hydroxyl groups excluding tert-OH is 2. The van der Waals surface area contributed by atoms with Gasteiger partial charge >= 0.3 is 0 Å². The highest BCUT2D eigenvalue weighted by Crippen LogP contribution is 2.84. The van der Waals surface area contributed by atoms with E-state index in [1.165, 1.54) is 38.5 Å². The lowest BCUT2D eigenvalue weighted by atomic mass is 9.41. The fourth-order valence-corrected chi connectivity index (χ4v) is 10.0. The van der Waals surface area contributed by atoms with Crippen LogP contribution in [0.1, 0.15) is 119 Å². The van der Waals surface area contributed by atoms with E-state index in [0.29, 0.717) is 5.41 Å². The molecular weight excluding hydrogens is 396 g/mol. The van der Waals surface area contributed by atoms with Crippen LogP contribution >= 0.6 is 0 Å². The fourth-order valence-electron chi connectivity index (χ4n) is 10.0. The Morgan fingerprint density at radius 3 is 2.16 bits per heavy atom. The van der Waals surface area contributed by atoms with Gasteiger partial charge in [-0.05, 0) is 87.4 Å². The molecule has 186 valence electrons. The molecule has 4 rings (SSSR count). The number of hydrogen-bond donors (Lipinski definition) is 2. The molecule has 1 aliphatic heterocycles. The van der Waals surface area contributed by atoms with Gasteiger partial charge in [0.25, 0.3) is 0 Å². The molecule has 0 aromatic carbocycles. The number of rotatable bonds is 9.